The zero-order valence-electron chi connectivity index (χ0n) is 20.7. The van der Waals surface area contributed by atoms with Crippen molar-refractivity contribution in [1.29, 1.82) is 0 Å². The Balaban J connectivity index is 1.84. The Labute approximate surface area is 213 Å². The molecule has 10 heteroatoms. The first-order valence-electron chi connectivity index (χ1n) is 11.3. The molecule has 0 fully saturated rings. The molecule has 7 nitrogen and oxygen atoms in total. The van der Waals surface area contributed by atoms with Gasteiger partial charge in [-0.25, -0.2) is 17.8 Å². The molecule has 0 aliphatic rings. The molecule has 0 saturated carbocycles. The summed E-state index contributed by atoms with van der Waals surface area (Å²) in [6.45, 7) is 7.45. The molecule has 0 aliphatic heterocycles. The van der Waals surface area contributed by atoms with Crippen LogP contribution in [-0.2, 0) is 27.6 Å². The summed E-state index contributed by atoms with van der Waals surface area (Å²) in [7, 11) is -3.64. The number of rotatable bonds is 7. The molecule has 2 aromatic heterocycles. The molecule has 0 spiro atoms. The third-order valence-electron chi connectivity index (χ3n) is 5.69. The number of hydrogen-bond acceptors (Lipinski definition) is 7. The Bertz CT molecular complexity index is 1510. The molecule has 36 heavy (non-hydrogen) atoms. The van der Waals surface area contributed by atoms with E-state index in [-0.39, 0.29) is 17.1 Å². The van der Waals surface area contributed by atoms with Gasteiger partial charge in [-0.1, -0.05) is 35.5 Å². The van der Waals surface area contributed by atoms with Gasteiger partial charge in [0.25, 0.3) is 0 Å². The van der Waals surface area contributed by atoms with E-state index in [1.165, 1.54) is 0 Å². The van der Waals surface area contributed by atoms with E-state index < -0.39 is 37.8 Å². The summed E-state index contributed by atoms with van der Waals surface area (Å²) in [4.78, 5) is 4.09. The minimum Gasteiger partial charge on any atom is -0.598 e. The lowest BCUT2D eigenvalue weighted by Crippen LogP contribution is -2.42. The van der Waals surface area contributed by atoms with Gasteiger partial charge in [0, 0.05) is 35.0 Å². The van der Waals surface area contributed by atoms with Gasteiger partial charge < -0.3 is 9.08 Å². The lowest BCUT2D eigenvalue weighted by molar-refractivity contribution is 0.459. The molecule has 0 saturated heterocycles. The van der Waals surface area contributed by atoms with Crippen LogP contribution in [0.1, 0.15) is 43.6 Å². The maximum atomic E-state index is 14.8. The zero-order chi connectivity index (χ0) is 26.3. The monoisotopic (exact) mass is 529 g/mol. The number of pyridine rings is 1. The topological polar surface area (TPSA) is 108 Å². The van der Waals surface area contributed by atoms with Crippen LogP contribution in [0.25, 0.3) is 22.2 Å². The van der Waals surface area contributed by atoms with Gasteiger partial charge in [0.2, 0.25) is 0 Å². The van der Waals surface area contributed by atoms with Crippen LogP contribution in [0.5, 0.6) is 0 Å². The smallest absolute Gasteiger partial charge is 0.192 e. The summed E-state index contributed by atoms with van der Waals surface area (Å²) in [6.07, 6.45) is 0.983. The van der Waals surface area contributed by atoms with Crippen LogP contribution in [0.4, 0.5) is 4.39 Å². The first-order valence-corrected chi connectivity index (χ1v) is 14.4. The third kappa shape index (κ3) is 5.62. The highest BCUT2D eigenvalue weighted by atomic mass is 32.2. The molecular weight excluding hydrogens is 501 g/mol. The molecule has 0 radical (unpaired) electrons. The van der Waals surface area contributed by atoms with Crippen molar-refractivity contribution in [2.45, 2.75) is 49.9 Å². The second kappa shape index (κ2) is 9.93. The summed E-state index contributed by atoms with van der Waals surface area (Å²) in [5, 5.41) is 4.89. The Hall–Kier alpha value is -2.79. The van der Waals surface area contributed by atoms with Gasteiger partial charge in [-0.15, -0.1) is 4.72 Å². The first-order chi connectivity index (χ1) is 16.8. The molecular formula is C26H28FN3O4S2. The highest BCUT2D eigenvalue weighted by molar-refractivity contribution is 7.91. The number of sulfone groups is 1. The van der Waals surface area contributed by atoms with Gasteiger partial charge in [-0.3, -0.25) is 0 Å². The number of hydrogen-bond donors (Lipinski definition) is 1. The van der Waals surface area contributed by atoms with Crippen molar-refractivity contribution in [3.05, 3.63) is 77.2 Å². The zero-order valence-corrected chi connectivity index (χ0v) is 22.3. The van der Waals surface area contributed by atoms with Crippen molar-refractivity contribution >= 4 is 32.2 Å². The van der Waals surface area contributed by atoms with Gasteiger partial charge in [-0.2, -0.15) is 0 Å². The predicted molar refractivity (Wildman–Crippen MR) is 139 cm³/mol. The van der Waals surface area contributed by atoms with E-state index >= 15 is 0 Å². The van der Waals surface area contributed by atoms with Gasteiger partial charge in [0.1, 0.15) is 16.3 Å². The van der Waals surface area contributed by atoms with Crippen molar-refractivity contribution in [2.75, 3.05) is 6.26 Å². The van der Waals surface area contributed by atoms with Crippen molar-refractivity contribution in [3.8, 4) is 11.3 Å². The van der Waals surface area contributed by atoms with Gasteiger partial charge in [-0.05, 0) is 63.1 Å². The molecule has 0 amide bonds. The number of nitrogens with one attached hydrogen (secondary N) is 1. The Kier molecular flexibility index (Phi) is 7.25. The number of benzene rings is 2. The minimum absolute atomic E-state index is 0.0388. The summed E-state index contributed by atoms with van der Waals surface area (Å²) in [5.74, 6) is -0.643. The minimum atomic E-state index is -3.64. The van der Waals surface area contributed by atoms with E-state index in [9.17, 15) is 17.4 Å². The van der Waals surface area contributed by atoms with Crippen LogP contribution in [-0.4, -0.2) is 34.1 Å². The number of aromatic nitrogens is 2. The van der Waals surface area contributed by atoms with Gasteiger partial charge in [0.05, 0.1) is 11.7 Å². The largest absolute Gasteiger partial charge is 0.598 e. The first kappa shape index (κ1) is 26.3. The van der Waals surface area contributed by atoms with E-state index in [1.807, 2.05) is 70.2 Å². The van der Waals surface area contributed by atoms with E-state index in [0.29, 0.717) is 16.8 Å². The van der Waals surface area contributed by atoms with E-state index in [1.54, 1.807) is 0 Å². The average Bonchev–Trinajstić information content (AvgIpc) is 3.21. The van der Waals surface area contributed by atoms with Crippen LogP contribution < -0.4 is 4.72 Å². The molecule has 4 aromatic rings. The van der Waals surface area contributed by atoms with E-state index in [4.69, 9.17) is 4.52 Å². The average molecular weight is 530 g/mol. The van der Waals surface area contributed by atoms with Crippen molar-refractivity contribution in [1.82, 2.24) is 14.9 Å². The van der Waals surface area contributed by atoms with Crippen LogP contribution in [0, 0.1) is 12.7 Å². The summed E-state index contributed by atoms with van der Waals surface area (Å²) >= 11 is -1.52. The summed E-state index contributed by atoms with van der Waals surface area (Å²) in [5.41, 5.74) is 3.66. The van der Waals surface area contributed by atoms with Crippen molar-refractivity contribution in [3.63, 3.8) is 0 Å². The van der Waals surface area contributed by atoms with Crippen LogP contribution in [0.3, 0.4) is 0 Å². The molecule has 2 atom stereocenters. The number of halogens is 1. The number of nitrogens with zero attached hydrogens (tertiary/aromatic N) is 2. The van der Waals surface area contributed by atoms with Crippen LogP contribution in [0.15, 0.2) is 64.1 Å². The third-order valence-corrected chi connectivity index (χ3v) is 8.29. The van der Waals surface area contributed by atoms with Crippen molar-refractivity contribution in [2.24, 2.45) is 0 Å². The second-order valence-corrected chi connectivity index (χ2v) is 13.7. The molecule has 190 valence electrons. The lowest BCUT2D eigenvalue weighted by atomic mass is 9.94. The molecule has 1 N–H and O–H groups in total. The lowest BCUT2D eigenvalue weighted by Gasteiger charge is -2.29. The van der Waals surface area contributed by atoms with E-state index in [2.05, 4.69) is 14.9 Å². The van der Waals surface area contributed by atoms with Crippen molar-refractivity contribution < 1.29 is 21.9 Å². The molecule has 2 aromatic carbocycles. The fourth-order valence-corrected chi connectivity index (χ4v) is 5.20. The van der Waals surface area contributed by atoms with Crippen LogP contribution in [0.2, 0.25) is 0 Å². The fourth-order valence-electron chi connectivity index (χ4n) is 3.78. The quantitative estimate of drug-likeness (QED) is 0.333. The maximum Gasteiger partial charge on any atom is 0.192 e. The highest BCUT2D eigenvalue weighted by Gasteiger charge is 2.32. The molecule has 0 bridgehead atoms. The number of fused-ring (bicyclic) bond motifs is 1. The van der Waals surface area contributed by atoms with Gasteiger partial charge >= 0.3 is 0 Å². The highest BCUT2D eigenvalue weighted by Crippen LogP contribution is 2.35. The van der Waals surface area contributed by atoms with E-state index in [0.717, 1.165) is 34.9 Å². The Morgan fingerprint density at radius 2 is 1.86 bits per heavy atom. The molecule has 4 rings (SSSR count). The predicted octanol–water partition coefficient (Wildman–Crippen LogP) is 5.08. The van der Waals surface area contributed by atoms with Gasteiger partial charge in [0.15, 0.2) is 20.4 Å². The normalized spacial score (nSPS) is 14.2. The Morgan fingerprint density at radius 1 is 1.14 bits per heavy atom. The Morgan fingerprint density at radius 3 is 2.56 bits per heavy atom. The maximum absolute atomic E-state index is 14.8. The molecule has 1 unspecified atom stereocenters. The summed E-state index contributed by atoms with van der Waals surface area (Å²) in [6, 6.07) is 14.8. The standard InChI is InChI=1S/C26H28FN3O4S2/c1-16-10-11-19-23(14-16)34-29-25(19)18-9-7-6-8-17(18)21(30-35(31)26(2,3)4)15-22-20(27)12-13-24(28-22)36(5,32)33/h6-14,21,30H,15H2,1-5H3/t21-,35?/m0/s1. The summed E-state index contributed by atoms with van der Waals surface area (Å²) < 4.78 is 60.2. The van der Waals surface area contributed by atoms with Crippen LogP contribution >= 0.6 is 0 Å². The number of aryl methyl sites for hydroxylation is 1. The SMILES string of the molecule is Cc1ccc2c(-c3ccccc3[C@H](Cc3nc(S(C)(=O)=O)ccc3F)N[S+]([O-])C(C)(C)C)noc2c1. The fraction of sp³-hybridized carbons (Fsp3) is 0.308. The second-order valence-electron chi connectivity index (χ2n) is 9.72. The molecule has 0 aliphatic carbocycles. The molecule has 2 heterocycles.